The largest absolute Gasteiger partial charge is 0.496 e. The van der Waals surface area contributed by atoms with Gasteiger partial charge in [0.05, 0.1) is 32.2 Å². The molecule has 1 heterocycles. The van der Waals surface area contributed by atoms with Crippen LogP contribution in [0, 0.1) is 0 Å². The molecule has 0 fully saturated rings. The Morgan fingerprint density at radius 1 is 1.03 bits per heavy atom. The number of para-hydroxylation sites is 2. The van der Waals surface area contributed by atoms with Crippen molar-refractivity contribution in [1.29, 1.82) is 0 Å². The summed E-state index contributed by atoms with van der Waals surface area (Å²) in [6.07, 6.45) is 0.499. The number of amides is 1. The zero-order valence-corrected chi connectivity index (χ0v) is 17.2. The van der Waals surface area contributed by atoms with Crippen molar-refractivity contribution < 1.29 is 23.8 Å². The summed E-state index contributed by atoms with van der Waals surface area (Å²) < 4.78 is 15.9. The lowest BCUT2D eigenvalue weighted by atomic mass is 9.98. The van der Waals surface area contributed by atoms with Crippen molar-refractivity contribution in [2.24, 2.45) is 0 Å². The number of ether oxygens (including phenoxy) is 3. The fraction of sp³-hybridized carbons (Fsp3) is 0.364. The van der Waals surface area contributed by atoms with E-state index < -0.39 is 11.5 Å². The minimum absolute atomic E-state index is 0.0195. The normalized spacial score (nSPS) is 14.6. The standard InChI is InChI=1S/C22H26N2O5/c1-22(2)21(26)24(16-10-6-5-9-15(16)23-22)13-8-14-29-20(25)19-17(27-3)11-7-12-18(19)28-4/h5-7,9-12,23H,8,13-14H2,1-4H3. The second-order valence-corrected chi connectivity index (χ2v) is 7.25. The van der Waals surface area contributed by atoms with Gasteiger partial charge in [0.25, 0.3) is 5.91 Å². The predicted octanol–water partition coefficient (Wildman–Crippen LogP) is 3.49. The van der Waals surface area contributed by atoms with E-state index in [0.717, 1.165) is 11.4 Å². The van der Waals surface area contributed by atoms with E-state index in [-0.39, 0.29) is 18.1 Å². The summed E-state index contributed by atoms with van der Waals surface area (Å²) in [5.41, 5.74) is 1.29. The van der Waals surface area contributed by atoms with E-state index in [1.807, 2.05) is 38.1 Å². The summed E-state index contributed by atoms with van der Waals surface area (Å²) in [5, 5.41) is 3.27. The van der Waals surface area contributed by atoms with Crippen molar-refractivity contribution in [2.45, 2.75) is 25.8 Å². The first-order chi connectivity index (χ1) is 13.9. The lowest BCUT2D eigenvalue weighted by Gasteiger charge is -2.40. The topological polar surface area (TPSA) is 77.1 Å². The Morgan fingerprint density at radius 2 is 1.69 bits per heavy atom. The van der Waals surface area contributed by atoms with E-state index in [2.05, 4.69) is 5.32 Å². The number of methoxy groups -OCH3 is 2. The monoisotopic (exact) mass is 398 g/mol. The highest BCUT2D eigenvalue weighted by Gasteiger charge is 2.38. The molecule has 1 N–H and O–H groups in total. The molecule has 0 atom stereocenters. The molecule has 29 heavy (non-hydrogen) atoms. The molecular weight excluding hydrogens is 372 g/mol. The Bertz CT molecular complexity index is 888. The highest BCUT2D eigenvalue weighted by atomic mass is 16.5. The average Bonchev–Trinajstić information content (AvgIpc) is 2.72. The third kappa shape index (κ3) is 4.13. The SMILES string of the molecule is COc1cccc(OC)c1C(=O)OCCCN1C(=O)C(C)(C)Nc2ccccc21. The summed E-state index contributed by atoms with van der Waals surface area (Å²) in [5.74, 6) is 0.241. The van der Waals surface area contributed by atoms with E-state index in [0.29, 0.717) is 24.5 Å². The fourth-order valence-corrected chi connectivity index (χ4v) is 3.39. The molecule has 1 amide bonds. The number of nitrogens with zero attached hydrogens (tertiary/aromatic N) is 1. The highest BCUT2D eigenvalue weighted by Crippen LogP contribution is 2.35. The molecule has 0 radical (unpaired) electrons. The van der Waals surface area contributed by atoms with E-state index in [9.17, 15) is 9.59 Å². The second kappa shape index (κ2) is 8.43. The first-order valence-corrected chi connectivity index (χ1v) is 9.46. The van der Waals surface area contributed by atoms with Crippen LogP contribution in [0.25, 0.3) is 0 Å². The number of fused-ring (bicyclic) bond motifs is 1. The third-order valence-corrected chi connectivity index (χ3v) is 4.81. The summed E-state index contributed by atoms with van der Waals surface area (Å²) in [6.45, 7) is 4.32. The molecule has 0 spiro atoms. The number of carbonyl (C=O) groups is 2. The lowest BCUT2D eigenvalue weighted by Crippen LogP contribution is -2.54. The molecule has 0 saturated heterocycles. The molecule has 0 aliphatic carbocycles. The summed E-state index contributed by atoms with van der Waals surface area (Å²) in [7, 11) is 2.97. The molecule has 1 aliphatic heterocycles. The molecule has 0 aromatic heterocycles. The van der Waals surface area contributed by atoms with Gasteiger partial charge >= 0.3 is 5.97 Å². The highest BCUT2D eigenvalue weighted by molar-refractivity contribution is 6.07. The summed E-state index contributed by atoms with van der Waals surface area (Å²) in [4.78, 5) is 27.1. The number of hydrogen-bond donors (Lipinski definition) is 1. The minimum atomic E-state index is -0.699. The van der Waals surface area contributed by atoms with Gasteiger partial charge in [-0.1, -0.05) is 18.2 Å². The zero-order chi connectivity index (χ0) is 21.0. The van der Waals surface area contributed by atoms with Gasteiger partial charge in [-0.05, 0) is 44.5 Å². The second-order valence-electron chi connectivity index (χ2n) is 7.25. The van der Waals surface area contributed by atoms with E-state index in [4.69, 9.17) is 14.2 Å². The molecule has 7 heteroatoms. The van der Waals surface area contributed by atoms with Crippen LogP contribution in [0.2, 0.25) is 0 Å². The minimum Gasteiger partial charge on any atom is -0.496 e. The van der Waals surface area contributed by atoms with Crippen LogP contribution in [0.3, 0.4) is 0 Å². The molecule has 154 valence electrons. The molecule has 1 aliphatic rings. The quantitative estimate of drug-likeness (QED) is 0.568. The van der Waals surface area contributed by atoms with E-state index in [1.54, 1.807) is 23.1 Å². The molecule has 7 nitrogen and oxygen atoms in total. The number of anilines is 2. The van der Waals surface area contributed by atoms with Crippen molar-refractivity contribution in [3.8, 4) is 11.5 Å². The van der Waals surface area contributed by atoms with Crippen molar-refractivity contribution in [3.63, 3.8) is 0 Å². The van der Waals surface area contributed by atoms with Gasteiger partial charge in [-0.2, -0.15) is 0 Å². The van der Waals surface area contributed by atoms with E-state index in [1.165, 1.54) is 14.2 Å². The Morgan fingerprint density at radius 3 is 2.34 bits per heavy atom. The van der Waals surface area contributed by atoms with E-state index >= 15 is 0 Å². The van der Waals surface area contributed by atoms with Crippen molar-refractivity contribution in [2.75, 3.05) is 37.6 Å². The van der Waals surface area contributed by atoms with Gasteiger partial charge in [-0.15, -0.1) is 0 Å². The molecule has 0 bridgehead atoms. The number of esters is 1. The molecule has 3 rings (SSSR count). The van der Waals surface area contributed by atoms with Crippen LogP contribution in [-0.4, -0.2) is 44.8 Å². The Hall–Kier alpha value is -3.22. The maximum Gasteiger partial charge on any atom is 0.345 e. The summed E-state index contributed by atoms with van der Waals surface area (Å²) in [6, 6.07) is 12.8. The van der Waals surface area contributed by atoms with Gasteiger partial charge in [-0.25, -0.2) is 4.79 Å². The Balaban J connectivity index is 1.65. The first-order valence-electron chi connectivity index (χ1n) is 9.46. The Labute approximate surface area is 170 Å². The van der Waals surface area contributed by atoms with Crippen LogP contribution in [0.5, 0.6) is 11.5 Å². The van der Waals surface area contributed by atoms with Crippen molar-refractivity contribution in [3.05, 3.63) is 48.0 Å². The smallest absolute Gasteiger partial charge is 0.345 e. The molecule has 2 aromatic carbocycles. The van der Waals surface area contributed by atoms with Crippen LogP contribution < -0.4 is 19.7 Å². The molecular formula is C22H26N2O5. The molecule has 0 unspecified atom stereocenters. The lowest BCUT2D eigenvalue weighted by molar-refractivity contribution is -0.122. The fourth-order valence-electron chi connectivity index (χ4n) is 3.39. The molecule has 0 saturated carbocycles. The third-order valence-electron chi connectivity index (χ3n) is 4.81. The number of nitrogens with one attached hydrogen (secondary N) is 1. The average molecular weight is 398 g/mol. The number of benzene rings is 2. The van der Waals surface area contributed by atoms with Gasteiger partial charge in [-0.3, -0.25) is 4.79 Å². The van der Waals surface area contributed by atoms with Gasteiger partial charge in [0.1, 0.15) is 22.6 Å². The first kappa shape index (κ1) is 20.5. The predicted molar refractivity (Wildman–Crippen MR) is 111 cm³/mol. The summed E-state index contributed by atoms with van der Waals surface area (Å²) >= 11 is 0. The Kier molecular flexibility index (Phi) is 5.96. The number of hydrogen-bond acceptors (Lipinski definition) is 6. The van der Waals surface area contributed by atoms with Crippen LogP contribution in [0.15, 0.2) is 42.5 Å². The van der Waals surface area contributed by atoms with Gasteiger partial charge < -0.3 is 24.4 Å². The van der Waals surface area contributed by atoms with Gasteiger partial charge in [0.2, 0.25) is 0 Å². The van der Waals surface area contributed by atoms with Crippen molar-refractivity contribution in [1.82, 2.24) is 0 Å². The van der Waals surface area contributed by atoms with Crippen LogP contribution >= 0.6 is 0 Å². The number of carbonyl (C=O) groups excluding carboxylic acids is 2. The van der Waals surface area contributed by atoms with Crippen LogP contribution in [0.4, 0.5) is 11.4 Å². The van der Waals surface area contributed by atoms with Crippen LogP contribution in [-0.2, 0) is 9.53 Å². The van der Waals surface area contributed by atoms with Crippen LogP contribution in [0.1, 0.15) is 30.6 Å². The zero-order valence-electron chi connectivity index (χ0n) is 17.2. The maximum absolute atomic E-state index is 12.8. The van der Waals surface area contributed by atoms with Gasteiger partial charge in [0.15, 0.2) is 0 Å². The van der Waals surface area contributed by atoms with Gasteiger partial charge in [0, 0.05) is 6.54 Å². The number of rotatable bonds is 7. The van der Waals surface area contributed by atoms with Crippen molar-refractivity contribution >= 4 is 23.3 Å². The molecule has 2 aromatic rings. The maximum atomic E-state index is 12.8.